The van der Waals surface area contributed by atoms with Crippen LogP contribution in [0.25, 0.3) is 17.0 Å². The van der Waals surface area contributed by atoms with Gasteiger partial charge in [0, 0.05) is 46.2 Å². The third kappa shape index (κ3) is 3.89. The average Bonchev–Trinajstić information content (AvgIpc) is 3.31. The van der Waals surface area contributed by atoms with Crippen molar-refractivity contribution in [3.8, 4) is 5.95 Å². The first-order chi connectivity index (χ1) is 14.6. The van der Waals surface area contributed by atoms with Crippen LogP contribution in [-0.2, 0) is 9.47 Å². The minimum atomic E-state index is -1.11. The summed E-state index contributed by atoms with van der Waals surface area (Å²) in [5.41, 5.74) is 1.60. The van der Waals surface area contributed by atoms with E-state index in [2.05, 4.69) is 9.97 Å². The molecule has 1 N–H and O–H groups in total. The van der Waals surface area contributed by atoms with Crippen LogP contribution >= 0.6 is 0 Å². The Morgan fingerprint density at radius 1 is 1.27 bits per heavy atom. The maximum Gasteiger partial charge on any atom is 0.354 e. The number of fused-ring (bicyclic) bond motifs is 1. The molecule has 11 heteroatoms. The summed E-state index contributed by atoms with van der Waals surface area (Å²) in [7, 11) is 3.49. The van der Waals surface area contributed by atoms with Gasteiger partial charge in [-0.25, -0.2) is 19.7 Å². The van der Waals surface area contributed by atoms with Crippen LogP contribution < -0.4 is 9.80 Å². The fourth-order valence-electron chi connectivity index (χ4n) is 3.30. The third-order valence-electron chi connectivity index (χ3n) is 4.91. The van der Waals surface area contributed by atoms with Gasteiger partial charge in [0.15, 0.2) is 11.5 Å². The number of pyridine rings is 1. The molecule has 1 aliphatic rings. The Balaban J connectivity index is 1.96. The van der Waals surface area contributed by atoms with Gasteiger partial charge < -0.3 is 24.4 Å². The van der Waals surface area contributed by atoms with Gasteiger partial charge in [-0.2, -0.15) is 4.98 Å². The molecule has 0 aliphatic carbocycles. The van der Waals surface area contributed by atoms with Gasteiger partial charge in [-0.15, -0.1) is 0 Å². The molecule has 11 nitrogen and oxygen atoms in total. The number of hydrogen-bond acceptors (Lipinski definition) is 9. The molecule has 0 aromatic carbocycles. The first-order valence-electron chi connectivity index (χ1n) is 9.55. The number of rotatable bonds is 7. The van der Waals surface area contributed by atoms with E-state index >= 15 is 0 Å². The minimum absolute atomic E-state index is 0.0599. The molecule has 0 unspecified atom stereocenters. The van der Waals surface area contributed by atoms with E-state index in [-0.39, 0.29) is 5.69 Å². The standard InChI is InChI=1S/C19H23N7O4/c1-24(5-8-29-2)14-11-13(18(27)28)21-16-15(14)22-19(26-4-3-20-12-26)23-17(16)25-6-9-30-10-7-25/h3-4,11-12H,5-10H2,1-2H3,(H,27,28). The first kappa shape index (κ1) is 20.0. The highest BCUT2D eigenvalue weighted by Gasteiger charge is 2.23. The zero-order valence-electron chi connectivity index (χ0n) is 16.9. The molecule has 30 heavy (non-hydrogen) atoms. The Morgan fingerprint density at radius 3 is 2.73 bits per heavy atom. The Bertz CT molecular complexity index is 1040. The highest BCUT2D eigenvalue weighted by Crippen LogP contribution is 2.31. The molecule has 1 saturated heterocycles. The van der Waals surface area contributed by atoms with E-state index < -0.39 is 5.97 Å². The number of aromatic carboxylic acids is 1. The zero-order chi connectivity index (χ0) is 21.1. The van der Waals surface area contributed by atoms with Crippen molar-refractivity contribution in [2.24, 2.45) is 0 Å². The lowest BCUT2D eigenvalue weighted by molar-refractivity contribution is 0.0691. The number of carbonyl (C=O) groups is 1. The monoisotopic (exact) mass is 413 g/mol. The summed E-state index contributed by atoms with van der Waals surface area (Å²) in [6, 6.07) is 1.54. The van der Waals surface area contributed by atoms with E-state index in [1.807, 2.05) is 16.8 Å². The Kier molecular flexibility index (Phi) is 5.72. The number of aromatic nitrogens is 5. The smallest absolute Gasteiger partial charge is 0.354 e. The van der Waals surface area contributed by atoms with E-state index in [9.17, 15) is 9.90 Å². The van der Waals surface area contributed by atoms with Crippen molar-refractivity contribution >= 4 is 28.5 Å². The minimum Gasteiger partial charge on any atom is -0.477 e. The number of anilines is 2. The van der Waals surface area contributed by atoms with Gasteiger partial charge in [0.05, 0.1) is 25.5 Å². The fourth-order valence-corrected chi connectivity index (χ4v) is 3.30. The van der Waals surface area contributed by atoms with Gasteiger partial charge in [-0.1, -0.05) is 0 Å². The second-order valence-corrected chi connectivity index (χ2v) is 6.86. The fraction of sp³-hybridized carbons (Fsp3) is 0.421. The van der Waals surface area contributed by atoms with Crippen LogP contribution in [0.3, 0.4) is 0 Å². The summed E-state index contributed by atoms with van der Waals surface area (Å²) < 4.78 is 12.4. The number of carboxylic acids is 1. The summed E-state index contributed by atoms with van der Waals surface area (Å²) >= 11 is 0. The second kappa shape index (κ2) is 8.59. The summed E-state index contributed by atoms with van der Waals surface area (Å²) in [5, 5.41) is 9.64. The van der Waals surface area contributed by atoms with Crippen LogP contribution in [0, 0.1) is 0 Å². The largest absolute Gasteiger partial charge is 0.477 e. The molecule has 158 valence electrons. The Labute approximate surface area is 172 Å². The average molecular weight is 413 g/mol. The molecular formula is C19H23N7O4. The maximum absolute atomic E-state index is 11.8. The SMILES string of the molecule is COCCN(C)c1cc(C(=O)O)nc2c(N3CCOCC3)nc(-n3ccnc3)nc12. The molecular weight excluding hydrogens is 390 g/mol. The molecule has 0 bridgehead atoms. The van der Waals surface area contributed by atoms with E-state index in [1.54, 1.807) is 30.4 Å². The second-order valence-electron chi connectivity index (χ2n) is 6.86. The lowest BCUT2D eigenvalue weighted by Gasteiger charge is -2.29. The molecule has 0 atom stereocenters. The molecule has 1 aliphatic heterocycles. The van der Waals surface area contributed by atoms with Crippen LogP contribution in [0.2, 0.25) is 0 Å². The zero-order valence-corrected chi connectivity index (χ0v) is 16.9. The van der Waals surface area contributed by atoms with E-state index in [0.29, 0.717) is 67.9 Å². The van der Waals surface area contributed by atoms with Crippen LogP contribution in [-0.4, -0.2) is 89.2 Å². The Morgan fingerprint density at radius 2 is 2.07 bits per heavy atom. The van der Waals surface area contributed by atoms with Gasteiger partial charge >= 0.3 is 5.97 Å². The van der Waals surface area contributed by atoms with Gasteiger partial charge in [0.2, 0.25) is 5.95 Å². The lowest BCUT2D eigenvalue weighted by Crippen LogP contribution is -2.37. The van der Waals surface area contributed by atoms with E-state index in [0.717, 1.165) is 0 Å². The van der Waals surface area contributed by atoms with Gasteiger partial charge in [0.25, 0.3) is 0 Å². The molecule has 1 fully saturated rings. The van der Waals surface area contributed by atoms with Crippen molar-refractivity contribution in [1.82, 2.24) is 24.5 Å². The van der Waals surface area contributed by atoms with Crippen molar-refractivity contribution in [3.05, 3.63) is 30.5 Å². The number of carboxylic acid groups (broad SMARTS) is 1. The highest BCUT2D eigenvalue weighted by molar-refractivity contribution is 5.99. The molecule has 0 amide bonds. The number of imidazole rings is 1. The predicted octanol–water partition coefficient (Wildman–Crippen LogP) is 0.828. The quantitative estimate of drug-likeness (QED) is 0.596. The summed E-state index contributed by atoms with van der Waals surface area (Å²) in [5.74, 6) is -0.0887. The van der Waals surface area contributed by atoms with Crippen LogP contribution in [0.4, 0.5) is 11.5 Å². The van der Waals surface area contributed by atoms with Crippen molar-refractivity contribution in [2.45, 2.75) is 0 Å². The predicted molar refractivity (Wildman–Crippen MR) is 110 cm³/mol. The highest BCUT2D eigenvalue weighted by atomic mass is 16.5. The van der Waals surface area contributed by atoms with Crippen molar-refractivity contribution in [3.63, 3.8) is 0 Å². The number of ether oxygens (including phenoxy) is 2. The number of hydrogen-bond donors (Lipinski definition) is 1. The van der Waals surface area contributed by atoms with Gasteiger partial charge in [-0.3, -0.25) is 4.57 Å². The number of morpholine rings is 1. The molecule has 4 rings (SSSR count). The van der Waals surface area contributed by atoms with Crippen molar-refractivity contribution < 1.29 is 19.4 Å². The van der Waals surface area contributed by atoms with Gasteiger partial charge in [-0.05, 0) is 6.07 Å². The van der Waals surface area contributed by atoms with Crippen molar-refractivity contribution in [1.29, 1.82) is 0 Å². The van der Waals surface area contributed by atoms with E-state index in [4.69, 9.17) is 19.4 Å². The van der Waals surface area contributed by atoms with Crippen molar-refractivity contribution in [2.75, 3.05) is 63.4 Å². The van der Waals surface area contributed by atoms with Crippen LogP contribution in [0.15, 0.2) is 24.8 Å². The molecule has 0 saturated carbocycles. The topological polar surface area (TPSA) is 119 Å². The summed E-state index contributed by atoms with van der Waals surface area (Å²) in [4.78, 5) is 33.7. The molecule has 0 radical (unpaired) electrons. The maximum atomic E-state index is 11.8. The normalized spacial score (nSPS) is 14.3. The molecule has 3 aromatic rings. The summed E-state index contributed by atoms with van der Waals surface area (Å²) in [6.07, 6.45) is 5.04. The molecule has 4 heterocycles. The third-order valence-corrected chi connectivity index (χ3v) is 4.91. The van der Waals surface area contributed by atoms with Gasteiger partial charge in [0.1, 0.15) is 17.4 Å². The first-order valence-corrected chi connectivity index (χ1v) is 9.55. The lowest BCUT2D eigenvalue weighted by atomic mass is 10.2. The van der Waals surface area contributed by atoms with E-state index in [1.165, 1.54) is 6.07 Å². The number of nitrogens with zero attached hydrogens (tertiary/aromatic N) is 7. The number of methoxy groups -OCH3 is 1. The van der Waals surface area contributed by atoms with Crippen LogP contribution in [0.1, 0.15) is 10.5 Å². The molecule has 0 spiro atoms. The Hall–Kier alpha value is -3.31. The molecule has 3 aromatic heterocycles. The number of likely N-dealkylation sites (N-methyl/N-ethyl adjacent to an activating group) is 1. The summed E-state index contributed by atoms with van der Waals surface area (Å²) in [6.45, 7) is 3.42. The van der Waals surface area contributed by atoms with Crippen LogP contribution in [0.5, 0.6) is 0 Å².